The number of Topliss-reactive ketones (excluding diaryl/α,β-unsaturated/α-hetero) is 1. The van der Waals surface area contributed by atoms with Crippen LogP contribution in [0.2, 0.25) is 0 Å². The Morgan fingerprint density at radius 1 is 1.33 bits per heavy atom. The van der Waals surface area contributed by atoms with Gasteiger partial charge in [-0.15, -0.1) is 0 Å². The van der Waals surface area contributed by atoms with Crippen molar-refractivity contribution in [2.24, 2.45) is 23.2 Å². The molecule has 0 aromatic rings. The van der Waals surface area contributed by atoms with E-state index in [9.17, 15) is 4.79 Å². The Morgan fingerprint density at radius 2 is 1.93 bits per heavy atom. The molecule has 0 aromatic heterocycles. The summed E-state index contributed by atoms with van der Waals surface area (Å²) in [5, 5.41) is 0. The molecular formula is C14H26O. The first-order chi connectivity index (χ1) is 6.81. The minimum Gasteiger partial charge on any atom is -0.299 e. The summed E-state index contributed by atoms with van der Waals surface area (Å²) in [6.07, 6.45) is 4.27. The average Bonchev–Trinajstić information content (AvgIpc) is 2.45. The molecule has 0 aromatic carbocycles. The van der Waals surface area contributed by atoms with E-state index in [1.54, 1.807) is 0 Å². The number of hydrogen-bond acceptors (Lipinski definition) is 1. The minimum absolute atomic E-state index is 0.345. The third-order valence-corrected chi connectivity index (χ3v) is 3.57. The van der Waals surface area contributed by atoms with E-state index < -0.39 is 0 Å². The summed E-state index contributed by atoms with van der Waals surface area (Å²) < 4.78 is 0. The topological polar surface area (TPSA) is 17.1 Å². The normalized spacial score (nSPS) is 24.9. The van der Waals surface area contributed by atoms with Gasteiger partial charge in [-0.05, 0) is 36.5 Å². The maximum Gasteiger partial charge on any atom is 0.136 e. The Hall–Kier alpha value is -0.330. The molecular weight excluding hydrogens is 184 g/mol. The second-order valence-corrected chi connectivity index (χ2v) is 6.64. The highest BCUT2D eigenvalue weighted by atomic mass is 16.1. The van der Waals surface area contributed by atoms with Gasteiger partial charge in [0.25, 0.3) is 0 Å². The molecule has 1 rings (SSSR count). The molecule has 0 aliphatic heterocycles. The van der Waals surface area contributed by atoms with E-state index in [1.807, 2.05) is 0 Å². The quantitative estimate of drug-likeness (QED) is 0.686. The van der Waals surface area contributed by atoms with E-state index in [0.29, 0.717) is 29.0 Å². The van der Waals surface area contributed by atoms with Crippen LogP contribution in [-0.4, -0.2) is 5.78 Å². The second-order valence-electron chi connectivity index (χ2n) is 6.64. The van der Waals surface area contributed by atoms with E-state index in [-0.39, 0.29) is 0 Å². The van der Waals surface area contributed by atoms with Gasteiger partial charge in [0.15, 0.2) is 0 Å². The molecule has 2 atom stereocenters. The van der Waals surface area contributed by atoms with Crippen molar-refractivity contribution in [3.63, 3.8) is 0 Å². The molecule has 1 nitrogen and oxygen atoms in total. The Kier molecular flexibility index (Phi) is 3.97. The fourth-order valence-corrected chi connectivity index (χ4v) is 2.85. The second kappa shape index (κ2) is 4.67. The van der Waals surface area contributed by atoms with Gasteiger partial charge in [-0.1, -0.05) is 34.6 Å². The first-order valence-corrected chi connectivity index (χ1v) is 6.34. The molecule has 0 saturated heterocycles. The average molecular weight is 210 g/mol. The SMILES string of the molecule is CC(C)C(CC(C)(C)C)C1CCCC1=O. The van der Waals surface area contributed by atoms with Crippen LogP contribution >= 0.6 is 0 Å². The molecule has 1 saturated carbocycles. The number of ketones is 1. The van der Waals surface area contributed by atoms with E-state index in [1.165, 1.54) is 6.42 Å². The van der Waals surface area contributed by atoms with Crippen LogP contribution in [0.5, 0.6) is 0 Å². The summed E-state index contributed by atoms with van der Waals surface area (Å²) in [5.74, 6) is 2.12. The number of carbonyl (C=O) groups is 1. The lowest BCUT2D eigenvalue weighted by atomic mass is 9.72. The Balaban J connectivity index is 2.69. The highest BCUT2D eigenvalue weighted by Crippen LogP contribution is 2.39. The maximum atomic E-state index is 11.8. The molecule has 15 heavy (non-hydrogen) atoms. The van der Waals surface area contributed by atoms with Crippen LogP contribution in [0.25, 0.3) is 0 Å². The zero-order valence-corrected chi connectivity index (χ0v) is 11.0. The van der Waals surface area contributed by atoms with Gasteiger partial charge in [0, 0.05) is 12.3 Å². The van der Waals surface area contributed by atoms with Crippen LogP contribution in [0, 0.1) is 23.2 Å². The van der Waals surface area contributed by atoms with Gasteiger partial charge < -0.3 is 0 Å². The predicted octanol–water partition coefficient (Wildman–Crippen LogP) is 4.06. The molecule has 0 N–H and O–H groups in total. The van der Waals surface area contributed by atoms with Gasteiger partial charge in [0.05, 0.1) is 0 Å². The summed E-state index contributed by atoms with van der Waals surface area (Å²) in [6, 6.07) is 0. The zero-order chi connectivity index (χ0) is 11.6. The highest BCUT2D eigenvalue weighted by Gasteiger charge is 2.35. The molecule has 1 aliphatic carbocycles. The summed E-state index contributed by atoms with van der Waals surface area (Å²) in [6.45, 7) is 11.4. The van der Waals surface area contributed by atoms with Crippen molar-refractivity contribution in [3.05, 3.63) is 0 Å². The van der Waals surface area contributed by atoms with Gasteiger partial charge in [0.1, 0.15) is 5.78 Å². The zero-order valence-electron chi connectivity index (χ0n) is 11.0. The smallest absolute Gasteiger partial charge is 0.136 e. The van der Waals surface area contributed by atoms with Crippen LogP contribution < -0.4 is 0 Å². The van der Waals surface area contributed by atoms with Crippen LogP contribution in [-0.2, 0) is 4.79 Å². The van der Waals surface area contributed by atoms with E-state index >= 15 is 0 Å². The molecule has 1 aliphatic rings. The molecule has 1 heteroatoms. The molecule has 88 valence electrons. The number of rotatable bonds is 3. The Bertz CT molecular complexity index is 222. The van der Waals surface area contributed by atoms with Crippen molar-refractivity contribution in [1.29, 1.82) is 0 Å². The van der Waals surface area contributed by atoms with Crippen molar-refractivity contribution in [1.82, 2.24) is 0 Å². The van der Waals surface area contributed by atoms with Gasteiger partial charge in [0.2, 0.25) is 0 Å². The molecule has 0 bridgehead atoms. The van der Waals surface area contributed by atoms with Gasteiger partial charge >= 0.3 is 0 Å². The van der Waals surface area contributed by atoms with Crippen LogP contribution in [0.15, 0.2) is 0 Å². The molecule has 0 spiro atoms. The van der Waals surface area contributed by atoms with Crippen molar-refractivity contribution >= 4 is 5.78 Å². The van der Waals surface area contributed by atoms with Gasteiger partial charge in [-0.2, -0.15) is 0 Å². The lowest BCUT2D eigenvalue weighted by Crippen LogP contribution is -2.27. The first kappa shape index (κ1) is 12.7. The minimum atomic E-state index is 0.345. The van der Waals surface area contributed by atoms with Crippen LogP contribution in [0.3, 0.4) is 0 Å². The van der Waals surface area contributed by atoms with Crippen molar-refractivity contribution in [3.8, 4) is 0 Å². The number of hydrogen-bond donors (Lipinski definition) is 0. The van der Waals surface area contributed by atoms with E-state index in [2.05, 4.69) is 34.6 Å². The Labute approximate surface area is 94.6 Å². The van der Waals surface area contributed by atoms with Crippen molar-refractivity contribution in [2.75, 3.05) is 0 Å². The molecule has 0 heterocycles. The lowest BCUT2D eigenvalue weighted by Gasteiger charge is -2.32. The molecule has 2 unspecified atom stereocenters. The monoisotopic (exact) mass is 210 g/mol. The fourth-order valence-electron chi connectivity index (χ4n) is 2.85. The van der Waals surface area contributed by atoms with Gasteiger partial charge in [-0.3, -0.25) is 4.79 Å². The van der Waals surface area contributed by atoms with Crippen LogP contribution in [0.1, 0.15) is 60.3 Å². The molecule has 1 fully saturated rings. The largest absolute Gasteiger partial charge is 0.299 e. The summed E-state index contributed by atoms with van der Waals surface area (Å²) >= 11 is 0. The Morgan fingerprint density at radius 3 is 2.27 bits per heavy atom. The van der Waals surface area contributed by atoms with Crippen LogP contribution in [0.4, 0.5) is 0 Å². The number of carbonyl (C=O) groups excluding carboxylic acids is 1. The third-order valence-electron chi connectivity index (χ3n) is 3.57. The summed E-state index contributed by atoms with van der Waals surface area (Å²) in [7, 11) is 0. The molecule has 0 radical (unpaired) electrons. The fraction of sp³-hybridized carbons (Fsp3) is 0.929. The van der Waals surface area contributed by atoms with E-state index in [0.717, 1.165) is 19.3 Å². The standard InChI is InChI=1S/C14H26O/c1-10(2)12(9-14(3,4)5)11-7-6-8-13(11)15/h10-12H,6-9H2,1-5H3. The van der Waals surface area contributed by atoms with Crippen molar-refractivity contribution in [2.45, 2.75) is 60.3 Å². The molecule has 0 amide bonds. The maximum absolute atomic E-state index is 11.8. The predicted molar refractivity (Wildman–Crippen MR) is 64.7 cm³/mol. The van der Waals surface area contributed by atoms with E-state index in [4.69, 9.17) is 0 Å². The van der Waals surface area contributed by atoms with Gasteiger partial charge in [-0.25, -0.2) is 0 Å². The third kappa shape index (κ3) is 3.62. The lowest BCUT2D eigenvalue weighted by molar-refractivity contribution is -0.123. The summed E-state index contributed by atoms with van der Waals surface area (Å²) in [5.41, 5.74) is 0.345. The summed E-state index contributed by atoms with van der Waals surface area (Å²) in [4.78, 5) is 11.8. The highest BCUT2D eigenvalue weighted by molar-refractivity contribution is 5.83. The van der Waals surface area contributed by atoms with Crippen molar-refractivity contribution < 1.29 is 4.79 Å². The first-order valence-electron chi connectivity index (χ1n) is 6.34.